The minimum absolute atomic E-state index is 0.0935. The fraction of sp³-hybridized carbons (Fsp3) is 0.444. The first-order valence-electron chi connectivity index (χ1n) is 8.75. The van der Waals surface area contributed by atoms with E-state index in [0.717, 1.165) is 18.1 Å². The number of hydrogen-bond acceptors (Lipinski definition) is 5. The smallest absolute Gasteiger partial charge is 0.322 e. The minimum Gasteiger partial charge on any atom is -0.365 e. The van der Waals surface area contributed by atoms with Crippen LogP contribution >= 0.6 is 0 Å². The van der Waals surface area contributed by atoms with Crippen LogP contribution in [-0.2, 0) is 0 Å². The molecule has 1 atom stereocenters. The molecule has 2 aromatic heterocycles. The number of rotatable bonds is 3. The standard InChI is InChI=1S/C18H22N6O/c1-13-12-23(8-9-24(13)16-4-6-19-7-5-16)18(25)22-15-10-20-17(21-11-15)14-2-3-14/h4-7,10-11,13-14H,2-3,8-9,12H2,1H3,(H,22,25). The van der Waals surface area contributed by atoms with Gasteiger partial charge >= 0.3 is 6.03 Å². The fourth-order valence-electron chi connectivity index (χ4n) is 3.22. The van der Waals surface area contributed by atoms with Crippen LogP contribution in [0.15, 0.2) is 36.9 Å². The third kappa shape index (κ3) is 3.55. The van der Waals surface area contributed by atoms with Gasteiger partial charge in [0.1, 0.15) is 5.82 Å². The molecular formula is C18H22N6O. The molecule has 1 saturated heterocycles. The molecule has 4 rings (SSSR count). The topological polar surface area (TPSA) is 74.2 Å². The first-order chi connectivity index (χ1) is 12.2. The largest absolute Gasteiger partial charge is 0.365 e. The summed E-state index contributed by atoms with van der Waals surface area (Å²) in [6, 6.07) is 4.16. The summed E-state index contributed by atoms with van der Waals surface area (Å²) < 4.78 is 0. The number of piperazine rings is 1. The Morgan fingerprint density at radius 3 is 2.52 bits per heavy atom. The van der Waals surface area contributed by atoms with Gasteiger partial charge in [-0.1, -0.05) is 0 Å². The minimum atomic E-state index is -0.0935. The predicted octanol–water partition coefficient (Wildman–Crippen LogP) is 2.49. The van der Waals surface area contributed by atoms with Crippen LogP contribution in [-0.4, -0.2) is 51.6 Å². The number of amides is 2. The molecule has 2 fully saturated rings. The number of hydrogen-bond donors (Lipinski definition) is 1. The summed E-state index contributed by atoms with van der Waals surface area (Å²) in [5, 5.41) is 2.91. The molecule has 1 unspecified atom stereocenters. The number of pyridine rings is 1. The van der Waals surface area contributed by atoms with E-state index in [2.05, 4.69) is 32.1 Å². The molecular weight excluding hydrogens is 316 g/mol. The van der Waals surface area contributed by atoms with E-state index >= 15 is 0 Å². The first-order valence-corrected chi connectivity index (χ1v) is 8.75. The van der Waals surface area contributed by atoms with Crippen LogP contribution in [0.1, 0.15) is 31.5 Å². The van der Waals surface area contributed by atoms with Crippen LogP contribution < -0.4 is 10.2 Å². The molecule has 130 valence electrons. The van der Waals surface area contributed by atoms with Gasteiger partial charge in [0.25, 0.3) is 0 Å². The second-order valence-electron chi connectivity index (χ2n) is 6.73. The van der Waals surface area contributed by atoms with Gasteiger partial charge in [-0.2, -0.15) is 0 Å². The predicted molar refractivity (Wildman–Crippen MR) is 95.6 cm³/mol. The summed E-state index contributed by atoms with van der Waals surface area (Å²) in [6.07, 6.45) is 9.35. The van der Waals surface area contributed by atoms with Gasteiger partial charge < -0.3 is 15.1 Å². The van der Waals surface area contributed by atoms with E-state index < -0.39 is 0 Å². The molecule has 2 amide bonds. The average molecular weight is 338 g/mol. The SMILES string of the molecule is CC1CN(C(=O)Nc2cnc(C3CC3)nc2)CCN1c1ccncc1. The summed E-state index contributed by atoms with van der Waals surface area (Å²) in [5.74, 6) is 1.41. The number of nitrogens with one attached hydrogen (secondary N) is 1. The van der Waals surface area contributed by atoms with Crippen molar-refractivity contribution in [2.45, 2.75) is 31.7 Å². The molecule has 7 heteroatoms. The van der Waals surface area contributed by atoms with Crippen LogP contribution in [0.5, 0.6) is 0 Å². The van der Waals surface area contributed by atoms with Crippen LogP contribution in [0.4, 0.5) is 16.2 Å². The Labute approximate surface area is 147 Å². The fourth-order valence-corrected chi connectivity index (χ4v) is 3.22. The Hall–Kier alpha value is -2.70. The summed E-state index contributed by atoms with van der Waals surface area (Å²) in [4.78, 5) is 29.4. The molecule has 1 saturated carbocycles. The summed E-state index contributed by atoms with van der Waals surface area (Å²) in [6.45, 7) is 4.29. The number of aromatic nitrogens is 3. The highest BCUT2D eigenvalue weighted by Gasteiger charge is 2.28. The Balaban J connectivity index is 1.35. The van der Waals surface area contributed by atoms with Gasteiger partial charge in [-0.25, -0.2) is 14.8 Å². The van der Waals surface area contributed by atoms with Crippen molar-refractivity contribution in [3.63, 3.8) is 0 Å². The maximum absolute atomic E-state index is 12.5. The lowest BCUT2D eigenvalue weighted by molar-refractivity contribution is 0.200. The van der Waals surface area contributed by atoms with Crippen molar-refractivity contribution in [2.24, 2.45) is 0 Å². The number of anilines is 2. The maximum atomic E-state index is 12.5. The summed E-state index contributed by atoms with van der Waals surface area (Å²) in [5.41, 5.74) is 1.80. The second kappa shape index (κ2) is 6.66. The number of carbonyl (C=O) groups excluding carboxylic acids is 1. The molecule has 25 heavy (non-hydrogen) atoms. The molecule has 0 radical (unpaired) electrons. The van der Waals surface area contributed by atoms with Gasteiger partial charge in [0.05, 0.1) is 18.1 Å². The van der Waals surface area contributed by atoms with E-state index in [9.17, 15) is 4.79 Å². The van der Waals surface area contributed by atoms with Crippen LogP contribution in [0.3, 0.4) is 0 Å². The number of carbonyl (C=O) groups is 1. The first kappa shape index (κ1) is 15.8. The van der Waals surface area contributed by atoms with Crippen LogP contribution in [0.25, 0.3) is 0 Å². The van der Waals surface area contributed by atoms with Crippen molar-refractivity contribution < 1.29 is 4.79 Å². The van der Waals surface area contributed by atoms with Crippen molar-refractivity contribution >= 4 is 17.4 Å². The van der Waals surface area contributed by atoms with Gasteiger partial charge in [0.2, 0.25) is 0 Å². The summed E-state index contributed by atoms with van der Waals surface area (Å²) >= 11 is 0. The molecule has 1 aliphatic heterocycles. The third-order valence-electron chi connectivity index (χ3n) is 4.77. The highest BCUT2D eigenvalue weighted by Crippen LogP contribution is 2.37. The van der Waals surface area contributed by atoms with Crippen molar-refractivity contribution in [1.82, 2.24) is 19.9 Å². The second-order valence-corrected chi connectivity index (χ2v) is 6.73. The van der Waals surface area contributed by atoms with Crippen LogP contribution in [0, 0.1) is 0 Å². The van der Waals surface area contributed by atoms with E-state index in [0.29, 0.717) is 24.7 Å². The van der Waals surface area contributed by atoms with E-state index in [1.165, 1.54) is 12.8 Å². The Morgan fingerprint density at radius 2 is 1.88 bits per heavy atom. The van der Waals surface area contributed by atoms with Gasteiger partial charge in [0.15, 0.2) is 0 Å². The molecule has 7 nitrogen and oxygen atoms in total. The van der Waals surface area contributed by atoms with E-state index in [4.69, 9.17) is 0 Å². The van der Waals surface area contributed by atoms with E-state index in [1.54, 1.807) is 24.8 Å². The normalized spacial score (nSPS) is 20.4. The van der Waals surface area contributed by atoms with E-state index in [-0.39, 0.29) is 12.1 Å². The molecule has 2 aromatic rings. The van der Waals surface area contributed by atoms with Crippen molar-refractivity contribution in [2.75, 3.05) is 29.9 Å². The quantitative estimate of drug-likeness (QED) is 0.931. The molecule has 1 aliphatic carbocycles. The Bertz CT molecular complexity index is 731. The highest BCUT2D eigenvalue weighted by atomic mass is 16.2. The monoisotopic (exact) mass is 338 g/mol. The third-order valence-corrected chi connectivity index (χ3v) is 4.77. The highest BCUT2D eigenvalue weighted by molar-refractivity contribution is 5.89. The molecule has 0 spiro atoms. The zero-order chi connectivity index (χ0) is 17.2. The lowest BCUT2D eigenvalue weighted by Crippen LogP contribution is -2.54. The van der Waals surface area contributed by atoms with Crippen molar-refractivity contribution in [3.8, 4) is 0 Å². The Morgan fingerprint density at radius 1 is 1.16 bits per heavy atom. The van der Waals surface area contributed by atoms with Crippen molar-refractivity contribution in [3.05, 3.63) is 42.7 Å². The van der Waals surface area contributed by atoms with Gasteiger partial charge in [-0.05, 0) is 31.9 Å². The van der Waals surface area contributed by atoms with E-state index in [1.807, 2.05) is 17.0 Å². The average Bonchev–Trinajstić information content (AvgIpc) is 3.48. The lowest BCUT2D eigenvalue weighted by atomic mass is 10.1. The molecule has 0 bridgehead atoms. The molecule has 2 aliphatic rings. The Kier molecular flexibility index (Phi) is 4.21. The molecule has 0 aromatic carbocycles. The van der Waals surface area contributed by atoms with Gasteiger partial charge in [-0.3, -0.25) is 4.98 Å². The van der Waals surface area contributed by atoms with Crippen molar-refractivity contribution in [1.29, 1.82) is 0 Å². The summed E-state index contributed by atoms with van der Waals surface area (Å²) in [7, 11) is 0. The van der Waals surface area contributed by atoms with Gasteiger partial charge in [-0.15, -0.1) is 0 Å². The number of nitrogens with zero attached hydrogens (tertiary/aromatic N) is 5. The zero-order valence-electron chi connectivity index (χ0n) is 14.3. The number of urea groups is 1. The van der Waals surface area contributed by atoms with Crippen LogP contribution in [0.2, 0.25) is 0 Å². The molecule has 1 N–H and O–H groups in total. The van der Waals surface area contributed by atoms with Gasteiger partial charge in [0, 0.05) is 49.7 Å². The maximum Gasteiger partial charge on any atom is 0.322 e. The lowest BCUT2D eigenvalue weighted by Gasteiger charge is -2.41. The zero-order valence-corrected chi connectivity index (χ0v) is 14.3. The molecule has 3 heterocycles.